The summed E-state index contributed by atoms with van der Waals surface area (Å²) >= 11 is 5.92. The molecule has 0 aliphatic carbocycles. The quantitative estimate of drug-likeness (QED) is 0.555. The van der Waals surface area contributed by atoms with Crippen LogP contribution in [-0.2, 0) is 14.8 Å². The van der Waals surface area contributed by atoms with Gasteiger partial charge in [0, 0.05) is 56.1 Å². The predicted octanol–water partition coefficient (Wildman–Crippen LogP) is 3.49. The Balaban J connectivity index is 1.48. The maximum Gasteiger partial charge on any atom is 0.243 e. The van der Waals surface area contributed by atoms with Crippen molar-refractivity contribution in [1.82, 2.24) is 14.1 Å². The molecule has 1 amide bonds. The zero-order valence-electron chi connectivity index (χ0n) is 19.8. The van der Waals surface area contributed by atoms with Gasteiger partial charge in [0.05, 0.1) is 11.5 Å². The molecule has 2 aliphatic heterocycles. The smallest absolute Gasteiger partial charge is 0.243 e. The first-order chi connectivity index (χ1) is 16.7. The molecule has 4 rings (SSSR count). The van der Waals surface area contributed by atoms with E-state index in [-0.39, 0.29) is 42.7 Å². The molecule has 0 spiro atoms. The standard InChI is InChI=1S/C25H31ClFN3O4S/c1-28-14-16-29(17-15-28)24(31)18-25(19-34-22-6-4-21(27)5-7-22)10-12-30(13-11-25)35(32,33)23-8-2-20(26)3-9-23/h2-9H,10-19H2,1H3. The van der Waals surface area contributed by atoms with Crippen molar-refractivity contribution < 1.29 is 22.3 Å². The summed E-state index contributed by atoms with van der Waals surface area (Å²) in [6, 6.07) is 11.9. The lowest BCUT2D eigenvalue weighted by molar-refractivity contribution is -0.136. The highest BCUT2D eigenvalue weighted by Gasteiger charge is 2.41. The molecule has 2 fully saturated rings. The molecule has 10 heteroatoms. The number of piperazine rings is 1. The second kappa shape index (κ2) is 10.8. The van der Waals surface area contributed by atoms with Gasteiger partial charge in [-0.15, -0.1) is 0 Å². The number of benzene rings is 2. The van der Waals surface area contributed by atoms with E-state index in [1.807, 2.05) is 11.9 Å². The van der Waals surface area contributed by atoms with Crippen LogP contribution >= 0.6 is 11.6 Å². The Kier molecular flexibility index (Phi) is 8.00. The highest BCUT2D eigenvalue weighted by Crippen LogP contribution is 2.38. The monoisotopic (exact) mass is 523 g/mol. The third kappa shape index (κ3) is 6.33. The molecule has 0 bridgehead atoms. The molecule has 0 unspecified atom stereocenters. The van der Waals surface area contributed by atoms with E-state index < -0.39 is 15.4 Å². The summed E-state index contributed by atoms with van der Waals surface area (Å²) in [4.78, 5) is 17.5. The Morgan fingerprint density at radius 3 is 2.17 bits per heavy atom. The Labute approximate surface area is 211 Å². The molecule has 7 nitrogen and oxygen atoms in total. The number of nitrogens with zero attached hydrogens (tertiary/aromatic N) is 3. The summed E-state index contributed by atoms with van der Waals surface area (Å²) < 4.78 is 47.1. The molecule has 2 aliphatic rings. The van der Waals surface area contributed by atoms with Crippen LogP contribution < -0.4 is 4.74 Å². The van der Waals surface area contributed by atoms with E-state index >= 15 is 0 Å². The third-order valence-corrected chi connectivity index (χ3v) is 9.14. The van der Waals surface area contributed by atoms with Gasteiger partial charge in [0.2, 0.25) is 15.9 Å². The molecular formula is C25H31ClFN3O4S. The number of hydrogen-bond donors (Lipinski definition) is 0. The zero-order valence-corrected chi connectivity index (χ0v) is 21.4. The first-order valence-electron chi connectivity index (χ1n) is 11.8. The molecule has 2 heterocycles. The lowest BCUT2D eigenvalue weighted by Crippen LogP contribution is -2.51. The lowest BCUT2D eigenvalue weighted by atomic mass is 9.76. The van der Waals surface area contributed by atoms with Gasteiger partial charge < -0.3 is 14.5 Å². The predicted molar refractivity (Wildman–Crippen MR) is 132 cm³/mol. The number of amides is 1. The molecular weight excluding hydrogens is 493 g/mol. The molecule has 2 saturated heterocycles. The van der Waals surface area contributed by atoms with Gasteiger partial charge in [0.25, 0.3) is 0 Å². The van der Waals surface area contributed by atoms with Gasteiger partial charge in [0.1, 0.15) is 11.6 Å². The van der Waals surface area contributed by atoms with Crippen molar-refractivity contribution in [3.05, 3.63) is 59.4 Å². The van der Waals surface area contributed by atoms with E-state index in [2.05, 4.69) is 4.90 Å². The molecule has 0 atom stereocenters. The normalized spacial score (nSPS) is 19.5. The molecule has 2 aromatic carbocycles. The van der Waals surface area contributed by atoms with E-state index in [9.17, 15) is 17.6 Å². The minimum atomic E-state index is -3.66. The average Bonchev–Trinajstić information content (AvgIpc) is 2.85. The van der Waals surface area contributed by atoms with Crippen LogP contribution in [0.2, 0.25) is 5.02 Å². The number of sulfonamides is 1. The highest BCUT2D eigenvalue weighted by atomic mass is 35.5. The van der Waals surface area contributed by atoms with Crippen LogP contribution in [0.4, 0.5) is 4.39 Å². The zero-order chi connectivity index (χ0) is 25.1. The summed E-state index contributed by atoms with van der Waals surface area (Å²) in [6.45, 7) is 3.85. The van der Waals surface area contributed by atoms with Crippen LogP contribution in [-0.4, -0.2) is 81.4 Å². The Bertz CT molecular complexity index is 1110. The van der Waals surface area contributed by atoms with Crippen LogP contribution in [0.15, 0.2) is 53.4 Å². The summed E-state index contributed by atoms with van der Waals surface area (Å²) in [7, 11) is -1.63. The third-order valence-electron chi connectivity index (χ3n) is 6.98. The van der Waals surface area contributed by atoms with E-state index in [0.29, 0.717) is 36.7 Å². The Morgan fingerprint density at radius 2 is 1.57 bits per heavy atom. The molecule has 0 aromatic heterocycles. The lowest BCUT2D eigenvalue weighted by Gasteiger charge is -2.42. The largest absolute Gasteiger partial charge is 0.493 e. The van der Waals surface area contributed by atoms with Crippen molar-refractivity contribution >= 4 is 27.5 Å². The van der Waals surface area contributed by atoms with E-state index in [4.69, 9.17) is 16.3 Å². The first-order valence-corrected chi connectivity index (χ1v) is 13.6. The van der Waals surface area contributed by atoms with Gasteiger partial charge in [0.15, 0.2) is 0 Å². The van der Waals surface area contributed by atoms with E-state index in [1.54, 1.807) is 24.3 Å². The van der Waals surface area contributed by atoms with Crippen LogP contribution in [0, 0.1) is 11.2 Å². The second-order valence-corrected chi connectivity index (χ2v) is 11.8. The fourth-order valence-corrected chi connectivity index (χ4v) is 6.15. The van der Waals surface area contributed by atoms with Crippen molar-refractivity contribution in [1.29, 1.82) is 0 Å². The van der Waals surface area contributed by atoms with Gasteiger partial charge in [-0.1, -0.05) is 11.6 Å². The van der Waals surface area contributed by atoms with E-state index in [0.717, 1.165) is 13.1 Å². The Hall–Kier alpha value is -2.20. The second-order valence-electron chi connectivity index (χ2n) is 9.46. The highest BCUT2D eigenvalue weighted by molar-refractivity contribution is 7.89. The molecule has 0 saturated carbocycles. The van der Waals surface area contributed by atoms with Gasteiger partial charge in [-0.25, -0.2) is 12.8 Å². The minimum absolute atomic E-state index is 0.0646. The number of rotatable bonds is 7. The van der Waals surface area contributed by atoms with E-state index in [1.165, 1.54) is 28.6 Å². The number of likely N-dealkylation sites (N-methyl/N-ethyl adjacent to an activating group) is 1. The summed E-state index contributed by atoms with van der Waals surface area (Å²) in [6.07, 6.45) is 1.26. The topological polar surface area (TPSA) is 70.2 Å². The van der Waals surface area contributed by atoms with Gasteiger partial charge in [-0.3, -0.25) is 4.79 Å². The molecule has 0 N–H and O–H groups in total. The number of ether oxygens (including phenoxy) is 1. The number of carbonyl (C=O) groups is 1. The van der Waals surface area contributed by atoms with Crippen molar-refractivity contribution in [2.75, 3.05) is 52.9 Å². The number of hydrogen-bond acceptors (Lipinski definition) is 5. The number of piperidine rings is 1. The first kappa shape index (κ1) is 25.9. The van der Waals surface area contributed by atoms with Crippen molar-refractivity contribution in [3.8, 4) is 5.75 Å². The SMILES string of the molecule is CN1CCN(C(=O)CC2(COc3ccc(F)cc3)CCN(S(=O)(=O)c3ccc(Cl)cc3)CC2)CC1. The van der Waals surface area contributed by atoms with Crippen molar-refractivity contribution in [2.24, 2.45) is 5.41 Å². The van der Waals surface area contributed by atoms with Crippen molar-refractivity contribution in [3.63, 3.8) is 0 Å². The molecule has 2 aromatic rings. The molecule has 190 valence electrons. The van der Waals surface area contributed by atoms with Gasteiger partial charge in [-0.05, 0) is 68.4 Å². The summed E-state index contributed by atoms with van der Waals surface area (Å²) in [5.41, 5.74) is -0.513. The summed E-state index contributed by atoms with van der Waals surface area (Å²) in [5, 5.41) is 0.474. The molecule has 0 radical (unpaired) electrons. The van der Waals surface area contributed by atoms with Crippen LogP contribution in [0.3, 0.4) is 0 Å². The maximum atomic E-state index is 13.3. The van der Waals surface area contributed by atoms with Gasteiger partial charge >= 0.3 is 0 Å². The number of halogens is 2. The molecule has 35 heavy (non-hydrogen) atoms. The van der Waals surface area contributed by atoms with Crippen LogP contribution in [0.5, 0.6) is 5.75 Å². The van der Waals surface area contributed by atoms with Crippen LogP contribution in [0.25, 0.3) is 0 Å². The Morgan fingerprint density at radius 1 is 0.971 bits per heavy atom. The fraction of sp³-hybridized carbons (Fsp3) is 0.480. The minimum Gasteiger partial charge on any atom is -0.493 e. The maximum absolute atomic E-state index is 13.3. The van der Waals surface area contributed by atoms with Crippen LogP contribution in [0.1, 0.15) is 19.3 Å². The fourth-order valence-electron chi connectivity index (χ4n) is 4.58. The average molecular weight is 524 g/mol. The van der Waals surface area contributed by atoms with Crippen molar-refractivity contribution in [2.45, 2.75) is 24.2 Å². The summed E-state index contributed by atoms with van der Waals surface area (Å²) in [5.74, 6) is 0.238. The number of carbonyl (C=O) groups excluding carboxylic acids is 1. The van der Waals surface area contributed by atoms with Gasteiger partial charge in [-0.2, -0.15) is 4.31 Å².